The highest BCUT2D eigenvalue weighted by atomic mass is 32.1. The zero-order chi connectivity index (χ0) is 28.6. The molecule has 1 saturated heterocycles. The number of pyridine rings is 1. The van der Waals surface area contributed by atoms with Crippen LogP contribution in [-0.2, 0) is 4.79 Å². The van der Waals surface area contributed by atoms with Gasteiger partial charge < -0.3 is 20.1 Å². The summed E-state index contributed by atoms with van der Waals surface area (Å²) in [6, 6.07) is 20.6. The zero-order valence-corrected chi connectivity index (χ0v) is 24.9. The second-order valence-electron chi connectivity index (χ2n) is 10.9. The Kier molecular flexibility index (Phi) is 7.76. The van der Waals surface area contributed by atoms with E-state index in [1.807, 2.05) is 50.4 Å². The Labute approximate surface area is 242 Å². The van der Waals surface area contributed by atoms with E-state index in [1.54, 1.807) is 0 Å². The van der Waals surface area contributed by atoms with Gasteiger partial charge in [0, 0.05) is 41.9 Å². The summed E-state index contributed by atoms with van der Waals surface area (Å²) in [4.78, 5) is 19.9. The van der Waals surface area contributed by atoms with Gasteiger partial charge in [-0.1, -0.05) is 30.3 Å². The third kappa shape index (κ3) is 5.39. The Balaban J connectivity index is 1.49. The van der Waals surface area contributed by atoms with Gasteiger partial charge in [0.25, 0.3) is 0 Å². The molecular formula is C33H37N5OS. The van der Waals surface area contributed by atoms with Crippen LogP contribution in [0.1, 0.15) is 63.4 Å². The van der Waals surface area contributed by atoms with Gasteiger partial charge in [0.05, 0.1) is 17.8 Å². The second-order valence-corrected chi connectivity index (χ2v) is 11.3. The van der Waals surface area contributed by atoms with E-state index in [4.69, 9.17) is 12.2 Å². The number of benzene rings is 2. The molecule has 0 radical (unpaired) electrons. The molecule has 2 aromatic carbocycles. The molecule has 5 rings (SSSR count). The van der Waals surface area contributed by atoms with Crippen molar-refractivity contribution in [2.24, 2.45) is 0 Å². The van der Waals surface area contributed by atoms with Gasteiger partial charge in [-0.05, 0) is 112 Å². The summed E-state index contributed by atoms with van der Waals surface area (Å²) in [7, 11) is 0. The van der Waals surface area contributed by atoms with E-state index < -0.39 is 0 Å². The van der Waals surface area contributed by atoms with Gasteiger partial charge in [-0.15, -0.1) is 0 Å². The van der Waals surface area contributed by atoms with Crippen molar-refractivity contribution in [2.75, 3.05) is 11.9 Å². The van der Waals surface area contributed by atoms with E-state index in [2.05, 4.69) is 83.1 Å². The molecule has 0 aliphatic carbocycles. The van der Waals surface area contributed by atoms with E-state index in [-0.39, 0.29) is 18.0 Å². The monoisotopic (exact) mass is 551 g/mol. The number of thiocarbonyl (C=S) groups is 1. The summed E-state index contributed by atoms with van der Waals surface area (Å²) in [6.45, 7) is 13.1. The second kappa shape index (κ2) is 11.3. The molecule has 1 fully saturated rings. The van der Waals surface area contributed by atoms with Gasteiger partial charge >= 0.3 is 0 Å². The molecule has 2 aromatic heterocycles. The smallest absolute Gasteiger partial charge is 0.226 e. The number of nitrogens with zero attached hydrogens (tertiary/aromatic N) is 3. The molecular weight excluding hydrogens is 514 g/mol. The first-order valence-corrected chi connectivity index (χ1v) is 14.2. The Morgan fingerprint density at radius 1 is 0.950 bits per heavy atom. The van der Waals surface area contributed by atoms with Crippen molar-refractivity contribution in [1.82, 2.24) is 19.8 Å². The molecule has 0 saturated carbocycles. The lowest BCUT2D eigenvalue weighted by Crippen LogP contribution is -2.33. The molecule has 2 atom stereocenters. The van der Waals surface area contributed by atoms with Crippen molar-refractivity contribution >= 4 is 28.9 Å². The van der Waals surface area contributed by atoms with Crippen molar-refractivity contribution in [3.05, 3.63) is 112 Å². The van der Waals surface area contributed by atoms with Crippen LogP contribution in [0.5, 0.6) is 0 Å². The first-order chi connectivity index (χ1) is 19.1. The van der Waals surface area contributed by atoms with Crippen LogP contribution in [0.2, 0.25) is 0 Å². The molecule has 6 nitrogen and oxygen atoms in total. The normalized spacial score (nSPS) is 16.8. The van der Waals surface area contributed by atoms with Crippen LogP contribution in [0.3, 0.4) is 0 Å². The Hall–Kier alpha value is -3.97. The minimum atomic E-state index is -0.136. The minimum Gasteiger partial charge on any atom is -0.352 e. The van der Waals surface area contributed by atoms with E-state index in [9.17, 15) is 4.79 Å². The number of hydrogen-bond acceptors (Lipinski definition) is 3. The molecule has 1 aliphatic rings. The summed E-state index contributed by atoms with van der Waals surface area (Å²) in [6.07, 6.45) is 2.13. The molecule has 1 amide bonds. The SMILES string of the molecule is Cc1ccc(C)c(NC(=O)CCN2C(=S)N[C@H](c3ccccn3)[C@@H]2c2cc(C)n(-c3cc(C)ccc3C)c2C)c1. The van der Waals surface area contributed by atoms with Crippen molar-refractivity contribution in [3.63, 3.8) is 0 Å². The van der Waals surface area contributed by atoms with Crippen molar-refractivity contribution in [1.29, 1.82) is 0 Å². The Morgan fingerprint density at radius 3 is 2.40 bits per heavy atom. The summed E-state index contributed by atoms with van der Waals surface area (Å²) >= 11 is 5.88. The molecule has 206 valence electrons. The molecule has 0 bridgehead atoms. The molecule has 2 N–H and O–H groups in total. The first kappa shape index (κ1) is 27.6. The average Bonchev–Trinajstić information content (AvgIpc) is 3.41. The van der Waals surface area contributed by atoms with Gasteiger partial charge in [-0.3, -0.25) is 9.78 Å². The average molecular weight is 552 g/mol. The fraction of sp³-hybridized carbons (Fsp3) is 0.303. The van der Waals surface area contributed by atoms with E-state index >= 15 is 0 Å². The summed E-state index contributed by atoms with van der Waals surface area (Å²) in [5, 5.41) is 7.26. The fourth-order valence-corrected chi connectivity index (χ4v) is 6.04. The van der Waals surface area contributed by atoms with E-state index in [1.165, 1.54) is 22.4 Å². The van der Waals surface area contributed by atoms with Gasteiger partial charge in [-0.2, -0.15) is 0 Å². The number of hydrogen-bond donors (Lipinski definition) is 2. The van der Waals surface area contributed by atoms with E-state index in [0.29, 0.717) is 18.1 Å². The molecule has 0 spiro atoms. The summed E-state index contributed by atoms with van der Waals surface area (Å²) < 4.78 is 2.33. The van der Waals surface area contributed by atoms with Crippen molar-refractivity contribution < 1.29 is 4.79 Å². The molecule has 4 aromatic rings. The van der Waals surface area contributed by atoms with Crippen LogP contribution < -0.4 is 10.6 Å². The molecule has 1 aliphatic heterocycles. The summed E-state index contributed by atoms with van der Waals surface area (Å²) in [5.41, 5.74) is 11.1. The lowest BCUT2D eigenvalue weighted by molar-refractivity contribution is -0.116. The number of anilines is 1. The summed E-state index contributed by atoms with van der Waals surface area (Å²) in [5.74, 6) is -0.0302. The number of rotatable bonds is 7. The molecule has 7 heteroatoms. The molecule has 40 heavy (non-hydrogen) atoms. The largest absolute Gasteiger partial charge is 0.352 e. The maximum atomic E-state index is 13.1. The predicted octanol–water partition coefficient (Wildman–Crippen LogP) is 6.72. The zero-order valence-electron chi connectivity index (χ0n) is 24.1. The van der Waals surface area contributed by atoms with Gasteiger partial charge in [0.1, 0.15) is 0 Å². The maximum Gasteiger partial charge on any atom is 0.226 e. The third-order valence-electron chi connectivity index (χ3n) is 7.84. The highest BCUT2D eigenvalue weighted by molar-refractivity contribution is 7.80. The van der Waals surface area contributed by atoms with Gasteiger partial charge in [0.15, 0.2) is 5.11 Å². The van der Waals surface area contributed by atoms with Crippen LogP contribution in [0.25, 0.3) is 5.69 Å². The van der Waals surface area contributed by atoms with Crippen LogP contribution in [-0.4, -0.2) is 32.0 Å². The van der Waals surface area contributed by atoms with Crippen LogP contribution >= 0.6 is 12.2 Å². The maximum absolute atomic E-state index is 13.1. The molecule has 0 unspecified atom stereocenters. The highest BCUT2D eigenvalue weighted by Gasteiger charge is 2.41. The molecule has 3 heterocycles. The van der Waals surface area contributed by atoms with Crippen LogP contribution in [0.4, 0.5) is 5.69 Å². The number of carbonyl (C=O) groups excluding carboxylic acids is 1. The fourth-order valence-electron chi connectivity index (χ4n) is 5.71. The van der Waals surface area contributed by atoms with Crippen LogP contribution in [0, 0.1) is 41.5 Å². The third-order valence-corrected chi connectivity index (χ3v) is 8.19. The first-order valence-electron chi connectivity index (χ1n) is 13.8. The number of aromatic nitrogens is 2. The number of amides is 1. The van der Waals surface area contributed by atoms with Gasteiger partial charge in [-0.25, -0.2) is 0 Å². The standard InChI is InChI=1S/C33H37N5OS/c1-20-10-12-22(3)28(17-20)35-30(39)14-16-37-32(31(36-33(37)40)27-9-7-8-15-34-27)26-19-24(5)38(25(26)6)29-18-21(2)11-13-23(29)4/h7-13,15,17-19,31-32H,14,16H2,1-6H3,(H,35,39)(H,36,40)/t31-,32+/m1/s1. The number of nitrogens with one attached hydrogen (secondary N) is 2. The Morgan fingerprint density at radius 2 is 1.68 bits per heavy atom. The van der Waals surface area contributed by atoms with Gasteiger partial charge in [0.2, 0.25) is 5.91 Å². The quantitative estimate of drug-likeness (QED) is 0.250. The number of carbonyl (C=O) groups is 1. The lowest BCUT2D eigenvalue weighted by Gasteiger charge is -2.28. The Bertz CT molecular complexity index is 1580. The van der Waals surface area contributed by atoms with Crippen molar-refractivity contribution in [3.8, 4) is 5.69 Å². The topological polar surface area (TPSA) is 62.2 Å². The van der Waals surface area contributed by atoms with Crippen molar-refractivity contribution in [2.45, 2.75) is 60.0 Å². The number of aryl methyl sites for hydroxylation is 5. The predicted molar refractivity (Wildman–Crippen MR) is 166 cm³/mol. The van der Waals surface area contributed by atoms with E-state index in [0.717, 1.165) is 33.9 Å². The minimum absolute atomic E-state index is 0.0302. The highest BCUT2D eigenvalue weighted by Crippen LogP contribution is 2.41. The lowest BCUT2D eigenvalue weighted by atomic mass is 9.96. The van der Waals surface area contributed by atoms with Crippen LogP contribution in [0.15, 0.2) is 66.9 Å².